The number of aryl methyl sites for hydroxylation is 3. The van der Waals surface area contributed by atoms with E-state index in [4.69, 9.17) is 4.74 Å². The van der Waals surface area contributed by atoms with Gasteiger partial charge in [0.2, 0.25) is 0 Å². The minimum Gasteiger partial charge on any atom is -0.486 e. The Hall–Kier alpha value is -2.87. The monoisotopic (exact) mass is 409 g/mol. The smallest absolute Gasteiger partial charge is 0.259 e. The largest absolute Gasteiger partial charge is 0.486 e. The first-order valence-electron chi connectivity index (χ1n) is 10.5. The normalized spacial score (nSPS) is 26.2. The van der Waals surface area contributed by atoms with Crippen LogP contribution in [0, 0.1) is 25.7 Å². The maximum atomic E-state index is 13.2. The van der Waals surface area contributed by atoms with Crippen molar-refractivity contribution in [2.45, 2.75) is 38.9 Å². The van der Waals surface area contributed by atoms with Crippen LogP contribution in [0.5, 0.6) is 5.75 Å². The van der Waals surface area contributed by atoms with Crippen molar-refractivity contribution in [1.29, 1.82) is 0 Å². The first-order chi connectivity index (χ1) is 14.4. The molecule has 1 aliphatic carbocycles. The molecule has 0 aromatic carbocycles. The van der Waals surface area contributed by atoms with E-state index in [-0.39, 0.29) is 12.0 Å². The number of likely N-dealkylation sites (tertiary alicyclic amines) is 1. The highest BCUT2D eigenvalue weighted by molar-refractivity contribution is 6.00. The molecule has 2 fully saturated rings. The number of carbonyl (C=O) groups excluding carboxylic acids is 1. The number of fused-ring (bicyclic) bond motifs is 2. The molecular weight excluding hydrogens is 382 g/mol. The van der Waals surface area contributed by atoms with Crippen LogP contribution in [-0.2, 0) is 7.05 Å². The third-order valence-corrected chi connectivity index (χ3v) is 6.59. The summed E-state index contributed by atoms with van der Waals surface area (Å²) in [4.78, 5) is 19.6. The molecule has 0 spiro atoms. The van der Waals surface area contributed by atoms with Gasteiger partial charge in [0.05, 0.1) is 18.0 Å². The molecule has 1 saturated carbocycles. The molecule has 8 heteroatoms. The lowest BCUT2D eigenvalue weighted by atomic mass is 9.78. The SMILES string of the molecule is Cc1ccc(O[C@@H]2C[C@@H]3CN(C(=O)c4cnn5ccn(C)c45)C[C@@H]3C[C@H]2O)c(C)n1. The number of aliphatic hydroxyl groups is 1. The number of aromatic nitrogens is 4. The average Bonchev–Trinajstić information content (AvgIpc) is 3.40. The van der Waals surface area contributed by atoms with E-state index in [2.05, 4.69) is 10.1 Å². The Morgan fingerprint density at radius 1 is 1.17 bits per heavy atom. The van der Waals surface area contributed by atoms with Gasteiger partial charge in [-0.1, -0.05) is 0 Å². The standard InChI is InChI=1S/C22H27N5O3/c1-13-4-5-19(14(2)24-13)30-20-9-16-12-26(11-15(16)8-18(20)28)22(29)17-10-23-27-7-6-25(3)21(17)27/h4-7,10,15-16,18,20,28H,8-9,11-12H2,1-3H3/t15-,16+,18+,20+/m0/s1. The average molecular weight is 409 g/mol. The van der Waals surface area contributed by atoms with Gasteiger partial charge in [-0.3, -0.25) is 9.78 Å². The highest BCUT2D eigenvalue weighted by Gasteiger charge is 2.44. The first kappa shape index (κ1) is 19.1. The summed E-state index contributed by atoms with van der Waals surface area (Å²) < 4.78 is 9.80. The van der Waals surface area contributed by atoms with Gasteiger partial charge in [-0.15, -0.1) is 0 Å². The van der Waals surface area contributed by atoms with Gasteiger partial charge in [-0.25, -0.2) is 4.52 Å². The maximum absolute atomic E-state index is 13.2. The number of aliphatic hydroxyl groups excluding tert-OH is 1. The summed E-state index contributed by atoms with van der Waals surface area (Å²) in [6.07, 6.45) is 5.94. The first-order valence-corrected chi connectivity index (χ1v) is 10.5. The number of rotatable bonds is 3. The van der Waals surface area contributed by atoms with Crippen molar-refractivity contribution in [3.8, 4) is 5.75 Å². The Labute approximate surface area is 175 Å². The van der Waals surface area contributed by atoms with Crippen molar-refractivity contribution < 1.29 is 14.6 Å². The molecule has 1 amide bonds. The van der Waals surface area contributed by atoms with Crippen molar-refractivity contribution in [3.63, 3.8) is 0 Å². The molecule has 158 valence electrons. The fraction of sp³-hybridized carbons (Fsp3) is 0.500. The van der Waals surface area contributed by atoms with Gasteiger partial charge in [-0.05, 0) is 50.7 Å². The Bertz CT molecular complexity index is 1100. The minimum atomic E-state index is -0.544. The molecule has 1 saturated heterocycles. The van der Waals surface area contributed by atoms with Gasteiger partial charge in [0.1, 0.15) is 23.1 Å². The number of imidazole rings is 1. The molecule has 1 N–H and O–H groups in total. The third-order valence-electron chi connectivity index (χ3n) is 6.59. The second-order valence-corrected chi connectivity index (χ2v) is 8.70. The van der Waals surface area contributed by atoms with Crippen LogP contribution in [0.1, 0.15) is 34.6 Å². The summed E-state index contributed by atoms with van der Waals surface area (Å²) >= 11 is 0. The molecular formula is C22H27N5O3. The molecule has 3 aromatic heterocycles. The molecule has 3 aromatic rings. The van der Waals surface area contributed by atoms with Crippen molar-refractivity contribution in [2.24, 2.45) is 18.9 Å². The second kappa shape index (κ2) is 7.12. The number of hydrogen-bond acceptors (Lipinski definition) is 5. The van der Waals surface area contributed by atoms with E-state index < -0.39 is 6.10 Å². The quantitative estimate of drug-likeness (QED) is 0.715. The molecule has 0 radical (unpaired) electrons. The van der Waals surface area contributed by atoms with Crippen molar-refractivity contribution >= 4 is 11.6 Å². The third kappa shape index (κ3) is 3.15. The lowest BCUT2D eigenvalue weighted by Gasteiger charge is -2.35. The van der Waals surface area contributed by atoms with Gasteiger partial charge in [-0.2, -0.15) is 5.10 Å². The molecule has 1 aliphatic heterocycles. The van der Waals surface area contributed by atoms with Crippen LogP contribution in [0.25, 0.3) is 5.65 Å². The van der Waals surface area contributed by atoms with E-state index >= 15 is 0 Å². The number of amides is 1. The summed E-state index contributed by atoms with van der Waals surface area (Å²) in [6, 6.07) is 3.85. The van der Waals surface area contributed by atoms with E-state index in [0.717, 1.165) is 29.2 Å². The minimum absolute atomic E-state index is 0.00624. The van der Waals surface area contributed by atoms with Crippen LogP contribution in [0.2, 0.25) is 0 Å². The Balaban J connectivity index is 1.30. The van der Waals surface area contributed by atoms with Crippen LogP contribution in [0.4, 0.5) is 0 Å². The fourth-order valence-electron chi connectivity index (χ4n) is 5.02. The summed E-state index contributed by atoms with van der Waals surface area (Å²) in [7, 11) is 1.91. The van der Waals surface area contributed by atoms with E-state index in [0.29, 0.717) is 36.9 Å². The fourth-order valence-corrected chi connectivity index (χ4v) is 5.02. The number of hydrogen-bond donors (Lipinski definition) is 1. The lowest BCUT2D eigenvalue weighted by Crippen LogP contribution is -2.42. The molecule has 5 rings (SSSR count). The van der Waals surface area contributed by atoms with Gasteiger partial charge < -0.3 is 19.3 Å². The van der Waals surface area contributed by atoms with Crippen LogP contribution >= 0.6 is 0 Å². The predicted molar refractivity (Wildman–Crippen MR) is 110 cm³/mol. The van der Waals surface area contributed by atoms with E-state index in [9.17, 15) is 9.90 Å². The van der Waals surface area contributed by atoms with Gasteiger partial charge in [0.25, 0.3) is 5.91 Å². The molecule has 2 aliphatic rings. The number of carbonyl (C=O) groups is 1. The molecule has 30 heavy (non-hydrogen) atoms. The molecule has 4 heterocycles. The molecule has 0 bridgehead atoms. The summed E-state index contributed by atoms with van der Waals surface area (Å²) in [5.74, 6) is 1.34. The zero-order chi connectivity index (χ0) is 21.0. The van der Waals surface area contributed by atoms with Crippen molar-refractivity contribution in [2.75, 3.05) is 13.1 Å². The van der Waals surface area contributed by atoms with Crippen molar-refractivity contribution in [1.82, 2.24) is 24.1 Å². The Morgan fingerprint density at radius 3 is 2.70 bits per heavy atom. The van der Waals surface area contributed by atoms with Gasteiger partial charge >= 0.3 is 0 Å². The zero-order valence-electron chi connectivity index (χ0n) is 17.5. The number of ether oxygens (including phenoxy) is 1. The highest BCUT2D eigenvalue weighted by Crippen LogP contribution is 2.39. The topological polar surface area (TPSA) is 84.9 Å². The van der Waals surface area contributed by atoms with Crippen LogP contribution in [0.3, 0.4) is 0 Å². The second-order valence-electron chi connectivity index (χ2n) is 8.70. The van der Waals surface area contributed by atoms with Crippen molar-refractivity contribution in [3.05, 3.63) is 47.7 Å². The Kier molecular flexibility index (Phi) is 4.54. The van der Waals surface area contributed by atoms with E-state index in [1.807, 2.05) is 54.9 Å². The van der Waals surface area contributed by atoms with Gasteiger partial charge in [0, 0.05) is 38.2 Å². The van der Waals surface area contributed by atoms with Crippen LogP contribution in [0.15, 0.2) is 30.7 Å². The lowest BCUT2D eigenvalue weighted by molar-refractivity contribution is -0.0236. The molecule has 4 atom stereocenters. The highest BCUT2D eigenvalue weighted by atomic mass is 16.5. The zero-order valence-corrected chi connectivity index (χ0v) is 17.5. The van der Waals surface area contributed by atoms with Crippen LogP contribution in [-0.4, -0.2) is 60.4 Å². The maximum Gasteiger partial charge on any atom is 0.259 e. The molecule has 0 unspecified atom stereocenters. The number of nitrogens with zero attached hydrogens (tertiary/aromatic N) is 5. The molecule has 8 nitrogen and oxygen atoms in total. The summed E-state index contributed by atoms with van der Waals surface area (Å²) in [5, 5.41) is 15.0. The van der Waals surface area contributed by atoms with E-state index in [1.165, 1.54) is 0 Å². The van der Waals surface area contributed by atoms with Gasteiger partial charge in [0.15, 0.2) is 0 Å². The van der Waals surface area contributed by atoms with E-state index in [1.54, 1.807) is 10.7 Å². The number of pyridine rings is 1. The Morgan fingerprint density at radius 2 is 1.93 bits per heavy atom. The van der Waals surface area contributed by atoms with Crippen LogP contribution < -0.4 is 4.74 Å². The summed E-state index contributed by atoms with van der Waals surface area (Å²) in [6.45, 7) is 5.22. The summed E-state index contributed by atoms with van der Waals surface area (Å²) in [5.41, 5.74) is 3.20. The predicted octanol–water partition coefficient (Wildman–Crippen LogP) is 1.98.